The average molecular weight is 443 g/mol. The van der Waals surface area contributed by atoms with Crippen molar-refractivity contribution < 1.29 is 31.1 Å². The Morgan fingerprint density at radius 2 is 1.58 bits per heavy atom. The molecule has 0 fully saturated rings. The summed E-state index contributed by atoms with van der Waals surface area (Å²) >= 11 is 0. The monoisotopic (exact) mass is 443 g/mol. The van der Waals surface area contributed by atoms with Gasteiger partial charge in [0.2, 0.25) is 5.91 Å². The van der Waals surface area contributed by atoms with Crippen molar-refractivity contribution in [1.82, 2.24) is 4.90 Å². The molecule has 1 unspecified atom stereocenters. The molecule has 0 aliphatic carbocycles. The van der Waals surface area contributed by atoms with Crippen molar-refractivity contribution in [2.45, 2.75) is 31.9 Å². The third kappa shape index (κ3) is 5.48. The van der Waals surface area contributed by atoms with Crippen LogP contribution < -0.4 is 4.90 Å². The molecular formula is C21H19F6N3O. The van der Waals surface area contributed by atoms with Gasteiger partial charge >= 0.3 is 12.4 Å². The van der Waals surface area contributed by atoms with Crippen molar-refractivity contribution in [3.05, 3.63) is 64.7 Å². The average Bonchev–Trinajstić information content (AvgIpc) is 2.69. The number of halogens is 6. The number of nitriles is 1. The van der Waals surface area contributed by atoms with Gasteiger partial charge in [-0.1, -0.05) is 18.2 Å². The molecule has 0 N–H and O–H groups in total. The van der Waals surface area contributed by atoms with E-state index in [0.717, 1.165) is 17.0 Å². The Labute approximate surface area is 175 Å². The van der Waals surface area contributed by atoms with Gasteiger partial charge in [-0.15, -0.1) is 0 Å². The van der Waals surface area contributed by atoms with E-state index in [2.05, 4.69) is 0 Å². The fourth-order valence-electron chi connectivity index (χ4n) is 3.12. The molecule has 4 nitrogen and oxygen atoms in total. The molecule has 10 heteroatoms. The highest BCUT2D eigenvalue weighted by molar-refractivity contribution is 5.84. The minimum absolute atomic E-state index is 0.133. The lowest BCUT2D eigenvalue weighted by molar-refractivity contribution is -0.138. The number of carbonyl (C=O) groups is 1. The summed E-state index contributed by atoms with van der Waals surface area (Å²) in [5.74, 6) is -0.512. The van der Waals surface area contributed by atoms with Gasteiger partial charge in [-0.25, -0.2) is 0 Å². The van der Waals surface area contributed by atoms with Crippen molar-refractivity contribution in [1.29, 1.82) is 5.26 Å². The summed E-state index contributed by atoms with van der Waals surface area (Å²) < 4.78 is 80.6. The number of hydrogen-bond donors (Lipinski definition) is 0. The largest absolute Gasteiger partial charge is 0.417 e. The van der Waals surface area contributed by atoms with Crippen LogP contribution in [0.2, 0.25) is 0 Å². The lowest BCUT2D eigenvalue weighted by Crippen LogP contribution is -2.44. The summed E-state index contributed by atoms with van der Waals surface area (Å²) in [5.41, 5.74) is -3.14. The number of benzene rings is 2. The fourth-order valence-corrected chi connectivity index (χ4v) is 3.12. The molecule has 2 rings (SSSR count). The molecule has 0 aliphatic rings. The van der Waals surface area contributed by atoms with Gasteiger partial charge in [0.15, 0.2) is 0 Å². The standard InChI is InChI=1S/C21H19F6N3O/c1-13(19(31)29(2)3)30(12-15-6-4-5-7-17(15)20(22,23)24)16-9-8-14(11-28)18(10-16)21(25,26)27/h4-10,13H,12H2,1-3H3. The van der Waals surface area contributed by atoms with Crippen LogP contribution in [0.25, 0.3) is 0 Å². The first-order valence-electron chi connectivity index (χ1n) is 9.01. The predicted molar refractivity (Wildman–Crippen MR) is 102 cm³/mol. The molecule has 0 aliphatic heterocycles. The van der Waals surface area contributed by atoms with E-state index in [9.17, 15) is 31.1 Å². The summed E-state index contributed by atoms with van der Waals surface area (Å²) in [5, 5.41) is 8.99. The van der Waals surface area contributed by atoms with Gasteiger partial charge < -0.3 is 9.80 Å². The molecule has 31 heavy (non-hydrogen) atoms. The Balaban J connectivity index is 2.64. The molecule has 0 radical (unpaired) electrons. The number of nitrogens with zero attached hydrogens (tertiary/aromatic N) is 3. The first-order chi connectivity index (χ1) is 14.3. The topological polar surface area (TPSA) is 47.3 Å². The van der Waals surface area contributed by atoms with Gasteiger partial charge in [-0.2, -0.15) is 31.6 Å². The van der Waals surface area contributed by atoms with E-state index in [-0.39, 0.29) is 11.3 Å². The molecule has 2 aromatic carbocycles. The summed E-state index contributed by atoms with van der Waals surface area (Å²) in [6, 6.07) is 7.82. The van der Waals surface area contributed by atoms with Crippen LogP contribution >= 0.6 is 0 Å². The minimum atomic E-state index is -4.86. The number of alkyl halides is 6. The molecule has 0 aromatic heterocycles. The van der Waals surface area contributed by atoms with E-state index >= 15 is 0 Å². The lowest BCUT2D eigenvalue weighted by atomic mass is 10.0. The van der Waals surface area contributed by atoms with Crippen molar-refractivity contribution >= 4 is 11.6 Å². The molecule has 0 saturated heterocycles. The number of amides is 1. The quantitative estimate of drug-likeness (QED) is 0.606. The molecule has 0 heterocycles. The zero-order valence-electron chi connectivity index (χ0n) is 16.8. The zero-order chi connectivity index (χ0) is 23.6. The van der Waals surface area contributed by atoms with Gasteiger partial charge in [-0.3, -0.25) is 4.79 Å². The number of anilines is 1. The molecular weight excluding hydrogens is 424 g/mol. The molecule has 0 bridgehead atoms. The zero-order valence-corrected chi connectivity index (χ0v) is 16.8. The summed E-state index contributed by atoms with van der Waals surface area (Å²) in [6.45, 7) is 0.920. The smallest absolute Gasteiger partial charge is 0.355 e. The van der Waals surface area contributed by atoms with E-state index in [4.69, 9.17) is 5.26 Å². The Morgan fingerprint density at radius 3 is 2.10 bits per heavy atom. The molecule has 0 saturated carbocycles. The van der Waals surface area contributed by atoms with Gasteiger partial charge in [0.1, 0.15) is 6.04 Å². The Kier molecular flexibility index (Phi) is 6.89. The lowest BCUT2D eigenvalue weighted by Gasteiger charge is -2.33. The SMILES string of the molecule is CC(C(=O)N(C)C)N(Cc1ccccc1C(F)(F)F)c1ccc(C#N)c(C(F)(F)F)c1. The van der Waals surface area contributed by atoms with E-state index in [1.54, 1.807) is 0 Å². The van der Waals surface area contributed by atoms with Crippen LogP contribution in [-0.2, 0) is 23.7 Å². The van der Waals surface area contributed by atoms with Crippen molar-refractivity contribution in [2.75, 3.05) is 19.0 Å². The van der Waals surface area contributed by atoms with E-state index in [0.29, 0.717) is 6.07 Å². The maximum Gasteiger partial charge on any atom is 0.417 e. The molecule has 2 aromatic rings. The maximum absolute atomic E-state index is 13.4. The third-order valence-electron chi connectivity index (χ3n) is 4.69. The third-order valence-corrected chi connectivity index (χ3v) is 4.69. The summed E-state index contributed by atoms with van der Waals surface area (Å²) in [6.07, 6.45) is -9.54. The van der Waals surface area contributed by atoms with Gasteiger partial charge in [-0.05, 0) is 36.8 Å². The second kappa shape index (κ2) is 8.88. The Hall–Kier alpha value is -3.22. The molecule has 1 atom stereocenters. The highest BCUT2D eigenvalue weighted by atomic mass is 19.4. The second-order valence-corrected chi connectivity index (χ2v) is 7.03. The Bertz CT molecular complexity index is 992. The number of likely N-dealkylation sites (N-methyl/N-ethyl adjacent to an activating group) is 1. The number of carbonyl (C=O) groups excluding carboxylic acids is 1. The number of hydrogen-bond acceptors (Lipinski definition) is 3. The van der Waals surface area contributed by atoms with Crippen LogP contribution in [0.1, 0.15) is 29.2 Å². The summed E-state index contributed by atoms with van der Waals surface area (Å²) in [7, 11) is 2.86. The van der Waals surface area contributed by atoms with Gasteiger partial charge in [0.25, 0.3) is 0 Å². The van der Waals surface area contributed by atoms with Gasteiger partial charge in [0, 0.05) is 26.3 Å². The fraction of sp³-hybridized carbons (Fsp3) is 0.333. The highest BCUT2D eigenvalue weighted by Crippen LogP contribution is 2.37. The van der Waals surface area contributed by atoms with Crippen molar-refractivity contribution in [3.63, 3.8) is 0 Å². The van der Waals surface area contributed by atoms with Crippen LogP contribution in [-0.4, -0.2) is 30.9 Å². The van der Waals surface area contributed by atoms with Crippen LogP contribution in [0.15, 0.2) is 42.5 Å². The maximum atomic E-state index is 13.4. The normalized spacial score (nSPS) is 12.8. The van der Waals surface area contributed by atoms with Crippen molar-refractivity contribution in [2.24, 2.45) is 0 Å². The van der Waals surface area contributed by atoms with Crippen LogP contribution in [0.3, 0.4) is 0 Å². The van der Waals surface area contributed by atoms with E-state index < -0.39 is 47.5 Å². The van der Waals surface area contributed by atoms with Crippen LogP contribution in [0.5, 0.6) is 0 Å². The molecule has 0 spiro atoms. The minimum Gasteiger partial charge on any atom is -0.355 e. The molecule has 1 amide bonds. The van der Waals surface area contributed by atoms with Crippen LogP contribution in [0.4, 0.5) is 32.0 Å². The first-order valence-corrected chi connectivity index (χ1v) is 9.01. The summed E-state index contributed by atoms with van der Waals surface area (Å²) in [4.78, 5) is 14.9. The predicted octanol–water partition coefficient (Wildman–Crippen LogP) is 5.08. The number of rotatable bonds is 5. The van der Waals surface area contributed by atoms with E-state index in [1.807, 2.05) is 0 Å². The molecule has 166 valence electrons. The van der Waals surface area contributed by atoms with E-state index in [1.165, 1.54) is 56.3 Å². The first kappa shape index (κ1) is 24.1. The highest BCUT2D eigenvalue weighted by Gasteiger charge is 2.36. The second-order valence-electron chi connectivity index (χ2n) is 7.03. The van der Waals surface area contributed by atoms with Crippen molar-refractivity contribution in [3.8, 4) is 6.07 Å². The van der Waals surface area contributed by atoms with Crippen LogP contribution in [0, 0.1) is 11.3 Å². The Morgan fingerprint density at radius 1 is 1.00 bits per heavy atom. The van der Waals surface area contributed by atoms with Gasteiger partial charge in [0.05, 0.1) is 22.8 Å².